The Balaban J connectivity index is 2.55. The highest BCUT2D eigenvalue weighted by Crippen LogP contribution is 2.48. The van der Waals surface area contributed by atoms with Gasteiger partial charge < -0.3 is 10.8 Å². The topological polar surface area (TPSA) is 46.2 Å². The van der Waals surface area contributed by atoms with Crippen LogP contribution in [0.25, 0.3) is 0 Å². The summed E-state index contributed by atoms with van der Waals surface area (Å²) in [5.74, 6) is 1.08. The van der Waals surface area contributed by atoms with Gasteiger partial charge in [0.2, 0.25) is 0 Å². The van der Waals surface area contributed by atoms with Crippen molar-refractivity contribution in [2.75, 3.05) is 12.4 Å². The van der Waals surface area contributed by atoms with E-state index in [9.17, 15) is 5.11 Å². The van der Waals surface area contributed by atoms with Crippen LogP contribution in [0.15, 0.2) is 29.2 Å². The first-order valence-corrected chi connectivity index (χ1v) is 7.12. The molecule has 2 nitrogen and oxygen atoms in total. The maximum atomic E-state index is 9.41. The first-order chi connectivity index (χ1) is 8.01. The largest absolute Gasteiger partial charge is 0.396 e. The minimum Gasteiger partial charge on any atom is -0.396 e. The van der Waals surface area contributed by atoms with Gasteiger partial charge in [0.25, 0.3) is 0 Å². The zero-order valence-electron chi connectivity index (χ0n) is 10.6. The molecular formula is C14H21NOS. The Morgan fingerprint density at radius 1 is 1.41 bits per heavy atom. The molecule has 0 aliphatic carbocycles. The molecule has 1 atom stereocenters. The lowest BCUT2D eigenvalue weighted by Crippen LogP contribution is -2.55. The number of thioether (sulfide) groups is 1. The van der Waals surface area contributed by atoms with Crippen molar-refractivity contribution in [3.63, 3.8) is 0 Å². The van der Waals surface area contributed by atoms with Crippen molar-refractivity contribution < 1.29 is 5.11 Å². The number of aliphatic hydroxyl groups excluding tert-OH is 1. The molecule has 0 amide bonds. The average Bonchev–Trinajstić information content (AvgIpc) is 2.28. The minimum atomic E-state index is -0.313. The summed E-state index contributed by atoms with van der Waals surface area (Å²) >= 11 is 1.90. The molecule has 94 valence electrons. The average molecular weight is 251 g/mol. The van der Waals surface area contributed by atoms with Crippen molar-refractivity contribution in [3.8, 4) is 0 Å². The van der Waals surface area contributed by atoms with Gasteiger partial charge in [-0.15, -0.1) is 11.8 Å². The zero-order valence-corrected chi connectivity index (χ0v) is 11.4. The molecule has 0 bridgehead atoms. The molecule has 0 saturated heterocycles. The van der Waals surface area contributed by atoms with Gasteiger partial charge in [-0.3, -0.25) is 0 Å². The highest BCUT2D eigenvalue weighted by Gasteiger charge is 2.45. The number of hydrogen-bond donors (Lipinski definition) is 2. The van der Waals surface area contributed by atoms with Crippen LogP contribution in [0.3, 0.4) is 0 Å². The van der Waals surface area contributed by atoms with Gasteiger partial charge in [-0.05, 0) is 44.1 Å². The molecule has 3 heteroatoms. The quantitative estimate of drug-likeness (QED) is 0.868. The predicted molar refractivity (Wildman–Crippen MR) is 73.4 cm³/mol. The Morgan fingerprint density at radius 2 is 2.12 bits per heavy atom. The first kappa shape index (κ1) is 12.9. The molecule has 1 aromatic carbocycles. The molecule has 1 aliphatic rings. The van der Waals surface area contributed by atoms with E-state index in [1.807, 2.05) is 11.8 Å². The maximum Gasteiger partial charge on any atom is 0.0440 e. The summed E-state index contributed by atoms with van der Waals surface area (Å²) in [4.78, 5) is 1.32. The third-order valence-electron chi connectivity index (χ3n) is 3.96. The van der Waals surface area contributed by atoms with E-state index in [-0.39, 0.29) is 17.6 Å². The monoisotopic (exact) mass is 251 g/mol. The van der Waals surface area contributed by atoms with E-state index in [4.69, 9.17) is 5.73 Å². The Labute approximate surface area is 108 Å². The molecule has 0 fully saturated rings. The predicted octanol–water partition coefficient (Wildman–Crippen LogP) is 2.54. The Hall–Kier alpha value is -0.510. The SMILES string of the molecule is CC(C)(N)C1(CCO)CCSc2ccccc21. The third-order valence-corrected chi connectivity index (χ3v) is 5.04. The van der Waals surface area contributed by atoms with Gasteiger partial charge in [-0.2, -0.15) is 0 Å². The van der Waals surface area contributed by atoms with Crippen molar-refractivity contribution in [2.45, 2.75) is 42.5 Å². The second kappa shape index (κ2) is 4.63. The molecule has 1 unspecified atom stereocenters. The fourth-order valence-corrected chi connectivity index (χ4v) is 4.16. The van der Waals surface area contributed by atoms with E-state index in [1.165, 1.54) is 10.5 Å². The van der Waals surface area contributed by atoms with Crippen molar-refractivity contribution >= 4 is 11.8 Å². The molecule has 3 N–H and O–H groups in total. The lowest BCUT2D eigenvalue weighted by atomic mass is 9.63. The number of fused-ring (bicyclic) bond motifs is 1. The summed E-state index contributed by atoms with van der Waals surface area (Å²) < 4.78 is 0. The van der Waals surface area contributed by atoms with Gasteiger partial charge in [0, 0.05) is 22.5 Å². The van der Waals surface area contributed by atoms with E-state index in [2.05, 4.69) is 38.1 Å². The normalized spacial score (nSPS) is 24.5. The Morgan fingerprint density at radius 3 is 2.76 bits per heavy atom. The Kier molecular flexibility index (Phi) is 3.53. The number of aliphatic hydroxyl groups is 1. The van der Waals surface area contributed by atoms with Crippen LogP contribution in [0.5, 0.6) is 0 Å². The molecule has 1 aromatic rings. The van der Waals surface area contributed by atoms with Gasteiger partial charge in [-0.25, -0.2) is 0 Å². The van der Waals surface area contributed by atoms with Crippen LogP contribution in [-0.2, 0) is 5.41 Å². The first-order valence-electron chi connectivity index (χ1n) is 6.13. The van der Waals surface area contributed by atoms with Crippen LogP contribution in [0.4, 0.5) is 0 Å². The van der Waals surface area contributed by atoms with E-state index in [0.29, 0.717) is 0 Å². The summed E-state index contributed by atoms with van der Waals surface area (Å²) in [6, 6.07) is 8.48. The summed E-state index contributed by atoms with van der Waals surface area (Å²) in [5, 5.41) is 9.41. The molecule has 0 spiro atoms. The van der Waals surface area contributed by atoms with E-state index < -0.39 is 0 Å². The van der Waals surface area contributed by atoms with Crippen molar-refractivity contribution in [3.05, 3.63) is 29.8 Å². The number of hydrogen-bond acceptors (Lipinski definition) is 3. The van der Waals surface area contributed by atoms with Gasteiger partial charge in [0.15, 0.2) is 0 Å². The molecule has 0 radical (unpaired) electrons. The molecule has 1 aliphatic heterocycles. The standard InChI is InChI=1S/C14H21NOS/c1-13(2,15)14(7-9-16)8-10-17-12-6-4-3-5-11(12)14/h3-6,16H,7-10,15H2,1-2H3. The Bertz CT molecular complexity index is 399. The number of benzene rings is 1. The molecule has 0 aromatic heterocycles. The minimum absolute atomic E-state index is 0.0937. The summed E-state index contributed by atoms with van der Waals surface area (Å²) in [7, 11) is 0. The summed E-state index contributed by atoms with van der Waals surface area (Å²) in [6.45, 7) is 4.35. The lowest BCUT2D eigenvalue weighted by Gasteiger charge is -2.48. The van der Waals surface area contributed by atoms with Crippen LogP contribution in [0.2, 0.25) is 0 Å². The van der Waals surface area contributed by atoms with Crippen molar-refractivity contribution in [2.24, 2.45) is 5.73 Å². The van der Waals surface area contributed by atoms with Crippen LogP contribution < -0.4 is 5.73 Å². The lowest BCUT2D eigenvalue weighted by molar-refractivity contribution is 0.167. The molecular weight excluding hydrogens is 230 g/mol. The number of nitrogens with two attached hydrogens (primary N) is 1. The highest BCUT2D eigenvalue weighted by molar-refractivity contribution is 7.99. The van der Waals surface area contributed by atoms with Crippen LogP contribution >= 0.6 is 11.8 Å². The van der Waals surface area contributed by atoms with Crippen LogP contribution in [0, 0.1) is 0 Å². The summed E-state index contributed by atoms with van der Waals surface area (Å²) in [6.07, 6.45) is 1.78. The van der Waals surface area contributed by atoms with Crippen LogP contribution in [0.1, 0.15) is 32.3 Å². The molecule has 17 heavy (non-hydrogen) atoms. The fourth-order valence-electron chi connectivity index (χ4n) is 2.90. The zero-order chi connectivity index (χ0) is 12.5. The van der Waals surface area contributed by atoms with Gasteiger partial charge in [0.05, 0.1) is 0 Å². The third kappa shape index (κ3) is 2.12. The van der Waals surface area contributed by atoms with Gasteiger partial charge in [-0.1, -0.05) is 18.2 Å². The molecule has 2 rings (SSSR count). The van der Waals surface area contributed by atoms with E-state index in [0.717, 1.165) is 18.6 Å². The molecule has 1 heterocycles. The summed E-state index contributed by atoms with van der Waals surface area (Å²) in [5.41, 5.74) is 7.34. The second-order valence-electron chi connectivity index (χ2n) is 5.37. The van der Waals surface area contributed by atoms with Gasteiger partial charge >= 0.3 is 0 Å². The second-order valence-corrected chi connectivity index (χ2v) is 6.51. The smallest absolute Gasteiger partial charge is 0.0440 e. The highest BCUT2D eigenvalue weighted by atomic mass is 32.2. The van der Waals surface area contributed by atoms with Gasteiger partial charge in [0.1, 0.15) is 0 Å². The van der Waals surface area contributed by atoms with E-state index in [1.54, 1.807) is 0 Å². The molecule has 0 saturated carbocycles. The fraction of sp³-hybridized carbons (Fsp3) is 0.571. The number of rotatable bonds is 3. The van der Waals surface area contributed by atoms with E-state index >= 15 is 0 Å². The maximum absolute atomic E-state index is 9.41. The van der Waals surface area contributed by atoms with Crippen LogP contribution in [-0.4, -0.2) is 23.0 Å². The van der Waals surface area contributed by atoms with Crippen molar-refractivity contribution in [1.82, 2.24) is 0 Å². The van der Waals surface area contributed by atoms with Crippen molar-refractivity contribution in [1.29, 1.82) is 0 Å².